The normalized spacial score (nSPS) is 10.9. The van der Waals surface area contributed by atoms with E-state index in [1.807, 2.05) is 0 Å². The van der Waals surface area contributed by atoms with E-state index in [1.54, 1.807) is 0 Å². The molecule has 0 aliphatic rings. The minimum absolute atomic E-state index is 0.210. The fourth-order valence-corrected chi connectivity index (χ4v) is 0.836. The van der Waals surface area contributed by atoms with Gasteiger partial charge in [0.25, 0.3) is 0 Å². The van der Waals surface area contributed by atoms with Crippen LogP contribution in [0.3, 0.4) is 0 Å². The number of halogens is 1. The summed E-state index contributed by atoms with van der Waals surface area (Å²) < 4.78 is 0. The molecular formula is C7H10ClNO4. The van der Waals surface area contributed by atoms with Crippen molar-refractivity contribution in [2.45, 2.75) is 0 Å². The summed E-state index contributed by atoms with van der Waals surface area (Å²) in [4.78, 5) is 21.8. The van der Waals surface area contributed by atoms with Gasteiger partial charge in [0.15, 0.2) is 0 Å². The second-order valence-electron chi connectivity index (χ2n) is 2.32. The molecule has 0 rings (SSSR count). The molecule has 0 aliphatic carbocycles. The Morgan fingerprint density at radius 1 is 1.23 bits per heavy atom. The van der Waals surface area contributed by atoms with Gasteiger partial charge in [0.1, 0.15) is 0 Å². The van der Waals surface area contributed by atoms with Crippen molar-refractivity contribution >= 4 is 23.5 Å². The Kier molecular flexibility index (Phi) is 5.92. The fourth-order valence-electron chi connectivity index (χ4n) is 0.756. The van der Waals surface area contributed by atoms with E-state index in [4.69, 9.17) is 21.8 Å². The lowest BCUT2D eigenvalue weighted by Crippen LogP contribution is -2.34. The molecule has 13 heavy (non-hydrogen) atoms. The van der Waals surface area contributed by atoms with Crippen LogP contribution in [0.4, 0.5) is 0 Å². The van der Waals surface area contributed by atoms with Crippen LogP contribution in [0.1, 0.15) is 0 Å². The Hall–Kier alpha value is -1.07. The molecule has 0 saturated carbocycles. The Bertz CT molecular complexity index is 201. The van der Waals surface area contributed by atoms with E-state index in [0.717, 1.165) is 0 Å². The zero-order valence-corrected chi connectivity index (χ0v) is 7.57. The first-order valence-electron chi connectivity index (χ1n) is 3.47. The molecule has 0 aromatic carbocycles. The van der Waals surface area contributed by atoms with E-state index < -0.39 is 11.9 Å². The van der Waals surface area contributed by atoms with Crippen LogP contribution in [-0.2, 0) is 9.59 Å². The molecule has 0 atom stereocenters. The molecule has 0 saturated heterocycles. The van der Waals surface area contributed by atoms with E-state index in [1.165, 1.54) is 16.5 Å². The third-order valence-corrected chi connectivity index (χ3v) is 1.35. The van der Waals surface area contributed by atoms with Gasteiger partial charge in [0.05, 0.1) is 13.1 Å². The monoisotopic (exact) mass is 207 g/mol. The molecule has 0 unspecified atom stereocenters. The Morgan fingerprint density at radius 3 is 2.00 bits per heavy atom. The van der Waals surface area contributed by atoms with Gasteiger partial charge >= 0.3 is 11.9 Å². The van der Waals surface area contributed by atoms with Crippen LogP contribution >= 0.6 is 11.6 Å². The van der Waals surface area contributed by atoms with Crippen LogP contribution in [0, 0.1) is 0 Å². The maximum atomic E-state index is 10.3. The van der Waals surface area contributed by atoms with E-state index >= 15 is 0 Å². The predicted molar refractivity (Wildman–Crippen MR) is 46.7 cm³/mol. The molecule has 0 heterocycles. The zero-order valence-electron chi connectivity index (χ0n) is 6.81. The zero-order chi connectivity index (χ0) is 10.3. The molecule has 0 spiro atoms. The van der Waals surface area contributed by atoms with Crippen LogP contribution in [0.5, 0.6) is 0 Å². The first kappa shape index (κ1) is 11.9. The van der Waals surface area contributed by atoms with E-state index in [0.29, 0.717) is 0 Å². The van der Waals surface area contributed by atoms with Gasteiger partial charge in [-0.3, -0.25) is 14.5 Å². The molecule has 0 fully saturated rings. The standard InChI is InChI=1S/C7H10ClNO4/c8-2-1-3-9(4-6(10)11)5-7(12)13/h1-2H,3-5H2,(H,10,11)(H,12,13). The van der Waals surface area contributed by atoms with Gasteiger partial charge in [-0.2, -0.15) is 0 Å². The van der Waals surface area contributed by atoms with Crippen LogP contribution in [-0.4, -0.2) is 46.7 Å². The van der Waals surface area contributed by atoms with Crippen molar-refractivity contribution in [3.05, 3.63) is 11.6 Å². The molecule has 74 valence electrons. The van der Waals surface area contributed by atoms with Gasteiger partial charge in [-0.25, -0.2) is 0 Å². The highest BCUT2D eigenvalue weighted by molar-refractivity contribution is 6.25. The van der Waals surface area contributed by atoms with Crippen LogP contribution in [0.15, 0.2) is 11.6 Å². The van der Waals surface area contributed by atoms with Gasteiger partial charge in [0, 0.05) is 12.1 Å². The highest BCUT2D eigenvalue weighted by Crippen LogP contribution is 1.90. The smallest absolute Gasteiger partial charge is 0.317 e. The van der Waals surface area contributed by atoms with Crippen LogP contribution in [0.2, 0.25) is 0 Å². The molecule has 0 aliphatic heterocycles. The first-order chi connectivity index (χ1) is 6.06. The number of carboxylic acids is 2. The molecule has 0 radical (unpaired) electrons. The number of hydrogen-bond donors (Lipinski definition) is 2. The van der Waals surface area contributed by atoms with Crippen LogP contribution in [0.25, 0.3) is 0 Å². The third-order valence-electron chi connectivity index (χ3n) is 1.17. The highest BCUT2D eigenvalue weighted by atomic mass is 35.5. The topological polar surface area (TPSA) is 77.8 Å². The number of nitrogens with zero attached hydrogens (tertiary/aromatic N) is 1. The summed E-state index contributed by atoms with van der Waals surface area (Å²) in [6.45, 7) is -0.414. The predicted octanol–water partition coefficient (Wildman–Crippen LogP) is 0.210. The third kappa shape index (κ3) is 7.30. The molecule has 0 bridgehead atoms. The van der Waals surface area contributed by atoms with Gasteiger partial charge in [-0.15, -0.1) is 0 Å². The summed E-state index contributed by atoms with van der Waals surface area (Å²) in [5.41, 5.74) is 1.22. The lowest BCUT2D eigenvalue weighted by molar-refractivity contribution is -0.141. The van der Waals surface area contributed by atoms with Crippen molar-refractivity contribution in [1.29, 1.82) is 0 Å². The van der Waals surface area contributed by atoms with Crippen molar-refractivity contribution in [3.8, 4) is 0 Å². The first-order valence-corrected chi connectivity index (χ1v) is 3.91. The number of carbonyl (C=O) groups is 2. The number of aliphatic carboxylic acids is 2. The molecule has 0 aromatic heterocycles. The minimum Gasteiger partial charge on any atom is -0.480 e. The van der Waals surface area contributed by atoms with Crippen molar-refractivity contribution < 1.29 is 19.8 Å². The second kappa shape index (κ2) is 6.45. The van der Waals surface area contributed by atoms with Crippen molar-refractivity contribution in [1.82, 2.24) is 4.90 Å². The largest absolute Gasteiger partial charge is 0.480 e. The quantitative estimate of drug-likeness (QED) is 0.651. The maximum Gasteiger partial charge on any atom is 0.317 e. The molecule has 2 N–H and O–H groups in total. The Labute approximate surface area is 80.2 Å². The number of carboxylic acid groups (broad SMARTS) is 2. The van der Waals surface area contributed by atoms with Gasteiger partial charge in [-0.1, -0.05) is 17.7 Å². The van der Waals surface area contributed by atoms with Gasteiger partial charge in [0.2, 0.25) is 0 Å². The molecule has 0 amide bonds. The lowest BCUT2D eigenvalue weighted by Gasteiger charge is -2.14. The Morgan fingerprint density at radius 2 is 1.69 bits per heavy atom. The van der Waals surface area contributed by atoms with Crippen molar-refractivity contribution in [3.63, 3.8) is 0 Å². The fraction of sp³-hybridized carbons (Fsp3) is 0.429. The number of hydrogen-bond acceptors (Lipinski definition) is 3. The minimum atomic E-state index is -1.07. The molecule has 5 nitrogen and oxygen atoms in total. The van der Waals surface area contributed by atoms with E-state index in [9.17, 15) is 9.59 Å². The summed E-state index contributed by atoms with van der Waals surface area (Å²) in [6.07, 6.45) is 1.48. The van der Waals surface area contributed by atoms with Crippen LogP contribution < -0.4 is 0 Å². The maximum absolute atomic E-state index is 10.3. The molecule has 6 heteroatoms. The van der Waals surface area contributed by atoms with E-state index in [2.05, 4.69) is 0 Å². The van der Waals surface area contributed by atoms with Gasteiger partial charge in [-0.05, 0) is 0 Å². The molecular weight excluding hydrogens is 198 g/mol. The SMILES string of the molecule is O=C(O)CN(CC=CCl)CC(=O)O. The molecule has 0 aromatic rings. The summed E-state index contributed by atoms with van der Waals surface area (Å²) in [6, 6.07) is 0. The van der Waals surface area contributed by atoms with Crippen molar-refractivity contribution in [2.24, 2.45) is 0 Å². The highest BCUT2D eigenvalue weighted by Gasteiger charge is 2.11. The lowest BCUT2D eigenvalue weighted by atomic mass is 10.4. The average Bonchev–Trinajstić information content (AvgIpc) is 1.98. The summed E-state index contributed by atoms with van der Waals surface area (Å²) in [7, 11) is 0. The van der Waals surface area contributed by atoms with Gasteiger partial charge < -0.3 is 10.2 Å². The average molecular weight is 208 g/mol. The summed E-state index contributed by atoms with van der Waals surface area (Å²) >= 11 is 5.22. The summed E-state index contributed by atoms with van der Waals surface area (Å²) in [5, 5.41) is 16.8. The van der Waals surface area contributed by atoms with E-state index in [-0.39, 0.29) is 19.6 Å². The summed E-state index contributed by atoms with van der Waals surface area (Å²) in [5.74, 6) is -2.13. The number of rotatable bonds is 6. The van der Waals surface area contributed by atoms with Crippen molar-refractivity contribution in [2.75, 3.05) is 19.6 Å². The second-order valence-corrected chi connectivity index (χ2v) is 2.57. The Balaban J connectivity index is 4.01.